The monoisotopic (exact) mass is 358 g/mol. The molecule has 1 rings (SSSR count). The highest BCUT2D eigenvalue weighted by atomic mass is 79.9. The number of halogens is 1. The predicted octanol–water partition coefficient (Wildman–Crippen LogP) is 4.52. The molecule has 0 saturated carbocycles. The van der Waals surface area contributed by atoms with E-state index in [9.17, 15) is 0 Å². The second-order valence-electron chi connectivity index (χ2n) is 5.56. The minimum absolute atomic E-state index is 0.516. The Hall–Kier alpha value is -0.190. The number of hydrogen-bond acceptors (Lipinski definition) is 3. The van der Waals surface area contributed by atoms with E-state index in [0.29, 0.717) is 12.1 Å². The molecule has 2 nitrogen and oxygen atoms in total. The number of anilines is 1. The normalized spacial score (nSPS) is 12.8. The molecule has 0 amide bonds. The molecule has 1 unspecified atom stereocenters. The van der Waals surface area contributed by atoms with Crippen molar-refractivity contribution in [2.45, 2.75) is 45.8 Å². The minimum atomic E-state index is 0.516. The Morgan fingerprint density at radius 2 is 2.00 bits per heavy atom. The van der Waals surface area contributed by atoms with E-state index in [-0.39, 0.29) is 0 Å². The highest BCUT2D eigenvalue weighted by molar-refractivity contribution is 9.10. The summed E-state index contributed by atoms with van der Waals surface area (Å²) in [7, 11) is 2.18. The maximum absolute atomic E-state index is 3.72. The fraction of sp³-hybridized carbons (Fsp3) is 0.625. The third kappa shape index (κ3) is 5.66. The standard InChI is InChI=1S/C16H27BrN2S/c1-12(2)18-11-14-6-7-16(15(17)10-14)19(4)13(3)8-9-20-5/h6-7,10,12-13,18H,8-9,11H2,1-5H3. The van der Waals surface area contributed by atoms with E-state index >= 15 is 0 Å². The van der Waals surface area contributed by atoms with E-state index in [1.54, 1.807) is 0 Å². The third-order valence-corrected chi connectivity index (χ3v) is 4.79. The van der Waals surface area contributed by atoms with Gasteiger partial charge in [-0.25, -0.2) is 0 Å². The zero-order chi connectivity index (χ0) is 15.1. The second kappa shape index (κ2) is 8.96. The van der Waals surface area contributed by atoms with Crippen LogP contribution in [0.15, 0.2) is 22.7 Å². The smallest absolute Gasteiger partial charge is 0.0510 e. The first-order valence-electron chi connectivity index (χ1n) is 7.19. The first-order valence-corrected chi connectivity index (χ1v) is 9.38. The number of thioether (sulfide) groups is 1. The van der Waals surface area contributed by atoms with Gasteiger partial charge >= 0.3 is 0 Å². The Morgan fingerprint density at radius 1 is 1.30 bits per heavy atom. The number of hydrogen-bond donors (Lipinski definition) is 1. The Labute approximate surface area is 136 Å². The van der Waals surface area contributed by atoms with Crippen molar-refractivity contribution in [3.63, 3.8) is 0 Å². The summed E-state index contributed by atoms with van der Waals surface area (Å²) in [6.45, 7) is 7.55. The lowest BCUT2D eigenvalue weighted by Gasteiger charge is -2.28. The van der Waals surface area contributed by atoms with Crippen molar-refractivity contribution < 1.29 is 0 Å². The molecule has 1 aromatic rings. The van der Waals surface area contributed by atoms with Gasteiger partial charge in [0.25, 0.3) is 0 Å². The van der Waals surface area contributed by atoms with Gasteiger partial charge < -0.3 is 10.2 Å². The van der Waals surface area contributed by atoms with Crippen molar-refractivity contribution in [3.8, 4) is 0 Å². The second-order valence-corrected chi connectivity index (χ2v) is 7.40. The largest absolute Gasteiger partial charge is 0.371 e. The molecule has 0 bridgehead atoms. The van der Waals surface area contributed by atoms with Gasteiger partial charge in [-0.2, -0.15) is 11.8 Å². The lowest BCUT2D eigenvalue weighted by molar-refractivity contribution is 0.588. The summed E-state index contributed by atoms with van der Waals surface area (Å²) < 4.78 is 1.18. The van der Waals surface area contributed by atoms with Crippen LogP contribution in [0.1, 0.15) is 32.8 Å². The van der Waals surface area contributed by atoms with Crippen molar-refractivity contribution in [2.75, 3.05) is 24.0 Å². The summed E-state index contributed by atoms with van der Waals surface area (Å²) >= 11 is 5.63. The molecule has 0 heterocycles. The summed E-state index contributed by atoms with van der Waals surface area (Å²) in [5.74, 6) is 1.21. The molecular weight excluding hydrogens is 332 g/mol. The maximum Gasteiger partial charge on any atom is 0.0510 e. The van der Waals surface area contributed by atoms with Gasteiger partial charge in [0.1, 0.15) is 0 Å². The fourth-order valence-corrected chi connectivity index (χ4v) is 3.27. The van der Waals surface area contributed by atoms with Gasteiger partial charge in [0, 0.05) is 30.1 Å². The van der Waals surface area contributed by atoms with Crippen LogP contribution < -0.4 is 10.2 Å². The Balaban J connectivity index is 2.71. The van der Waals surface area contributed by atoms with E-state index in [4.69, 9.17) is 0 Å². The summed E-state index contributed by atoms with van der Waals surface area (Å²) in [4.78, 5) is 2.36. The number of benzene rings is 1. The molecule has 0 fully saturated rings. The summed E-state index contributed by atoms with van der Waals surface area (Å²) in [5.41, 5.74) is 2.59. The van der Waals surface area contributed by atoms with Gasteiger partial charge in [-0.15, -0.1) is 0 Å². The number of nitrogens with zero attached hydrogens (tertiary/aromatic N) is 1. The summed E-state index contributed by atoms with van der Waals surface area (Å²) in [6, 6.07) is 7.73. The van der Waals surface area contributed by atoms with Crippen LogP contribution in [0.5, 0.6) is 0 Å². The fourth-order valence-electron chi connectivity index (χ4n) is 1.99. The van der Waals surface area contributed by atoms with Crippen molar-refractivity contribution in [1.29, 1.82) is 0 Å². The first-order chi connectivity index (χ1) is 9.45. The van der Waals surface area contributed by atoms with Gasteiger partial charge in [-0.1, -0.05) is 19.9 Å². The predicted molar refractivity (Wildman–Crippen MR) is 97.0 cm³/mol. The molecule has 0 radical (unpaired) electrons. The molecule has 0 aliphatic rings. The minimum Gasteiger partial charge on any atom is -0.371 e. The van der Waals surface area contributed by atoms with Crippen LogP contribution in [-0.4, -0.2) is 31.1 Å². The molecule has 1 atom stereocenters. The lowest BCUT2D eigenvalue weighted by atomic mass is 10.1. The quantitative estimate of drug-likeness (QED) is 0.734. The Bertz CT molecular complexity index is 409. The molecule has 0 aromatic heterocycles. The van der Waals surface area contributed by atoms with E-state index in [1.165, 1.54) is 27.9 Å². The Kier molecular flexibility index (Phi) is 8.00. The molecule has 4 heteroatoms. The van der Waals surface area contributed by atoms with Crippen LogP contribution in [0.2, 0.25) is 0 Å². The molecule has 114 valence electrons. The zero-order valence-electron chi connectivity index (χ0n) is 13.2. The molecular formula is C16H27BrN2S. The molecule has 0 aliphatic carbocycles. The van der Waals surface area contributed by atoms with E-state index in [1.807, 2.05) is 11.8 Å². The van der Waals surface area contributed by atoms with Gasteiger partial charge in [0.2, 0.25) is 0 Å². The van der Waals surface area contributed by atoms with Crippen molar-refractivity contribution in [3.05, 3.63) is 28.2 Å². The maximum atomic E-state index is 3.72. The average molecular weight is 359 g/mol. The van der Waals surface area contributed by atoms with E-state index in [2.05, 4.69) is 78.4 Å². The van der Waals surface area contributed by atoms with Crippen LogP contribution in [-0.2, 0) is 6.54 Å². The molecule has 20 heavy (non-hydrogen) atoms. The van der Waals surface area contributed by atoms with Crippen LogP contribution in [0.25, 0.3) is 0 Å². The van der Waals surface area contributed by atoms with Crippen molar-refractivity contribution >= 4 is 33.4 Å². The van der Waals surface area contributed by atoms with Gasteiger partial charge in [0.05, 0.1) is 5.69 Å². The molecule has 0 aliphatic heterocycles. The highest BCUT2D eigenvalue weighted by Crippen LogP contribution is 2.28. The van der Waals surface area contributed by atoms with Crippen molar-refractivity contribution in [1.82, 2.24) is 5.32 Å². The summed E-state index contributed by atoms with van der Waals surface area (Å²) in [5, 5.41) is 3.45. The van der Waals surface area contributed by atoms with Crippen molar-refractivity contribution in [2.24, 2.45) is 0 Å². The SMILES string of the molecule is CSCCC(C)N(C)c1ccc(CNC(C)C)cc1Br. The molecule has 0 saturated heterocycles. The Morgan fingerprint density at radius 3 is 2.55 bits per heavy atom. The van der Waals surface area contributed by atoms with Crippen LogP contribution >= 0.6 is 27.7 Å². The van der Waals surface area contributed by atoms with Gasteiger partial charge in [0.15, 0.2) is 0 Å². The third-order valence-electron chi connectivity index (χ3n) is 3.51. The van der Waals surface area contributed by atoms with Gasteiger partial charge in [-0.05, 0) is 59.0 Å². The van der Waals surface area contributed by atoms with Crippen LogP contribution in [0.4, 0.5) is 5.69 Å². The van der Waals surface area contributed by atoms with Crippen LogP contribution in [0.3, 0.4) is 0 Å². The molecule has 1 N–H and O–H groups in total. The number of rotatable bonds is 8. The summed E-state index contributed by atoms with van der Waals surface area (Å²) in [6.07, 6.45) is 3.37. The lowest BCUT2D eigenvalue weighted by Crippen LogP contribution is -2.29. The highest BCUT2D eigenvalue weighted by Gasteiger charge is 2.12. The number of nitrogens with one attached hydrogen (secondary N) is 1. The first kappa shape index (κ1) is 17.9. The van der Waals surface area contributed by atoms with E-state index in [0.717, 1.165) is 6.54 Å². The topological polar surface area (TPSA) is 15.3 Å². The average Bonchev–Trinajstić information content (AvgIpc) is 2.41. The van der Waals surface area contributed by atoms with Crippen LogP contribution in [0, 0.1) is 0 Å². The zero-order valence-corrected chi connectivity index (χ0v) is 15.6. The van der Waals surface area contributed by atoms with Gasteiger partial charge in [-0.3, -0.25) is 0 Å². The molecule has 1 aromatic carbocycles. The van der Waals surface area contributed by atoms with E-state index < -0.39 is 0 Å². The molecule has 0 spiro atoms.